The fourth-order valence-corrected chi connectivity index (χ4v) is 2.86. The summed E-state index contributed by atoms with van der Waals surface area (Å²) in [4.78, 5) is 25.9. The van der Waals surface area contributed by atoms with Gasteiger partial charge in [0.2, 0.25) is 5.91 Å². The van der Waals surface area contributed by atoms with Crippen LogP contribution in [0.2, 0.25) is 5.02 Å². The fourth-order valence-electron chi connectivity index (χ4n) is 2.67. The van der Waals surface area contributed by atoms with Crippen LogP contribution in [0.3, 0.4) is 0 Å². The molecule has 1 heterocycles. The Labute approximate surface area is 142 Å². The molecule has 23 heavy (non-hydrogen) atoms. The van der Waals surface area contributed by atoms with Gasteiger partial charge in [-0.3, -0.25) is 4.79 Å². The molecule has 2 N–H and O–H groups in total. The second kappa shape index (κ2) is 8.20. The number of carbonyl (C=O) groups excluding carboxylic acids is 2. The van der Waals surface area contributed by atoms with Crippen molar-refractivity contribution in [3.05, 3.63) is 29.3 Å². The number of nitrogens with zero attached hydrogens (tertiary/aromatic N) is 1. The van der Waals surface area contributed by atoms with Crippen molar-refractivity contribution in [2.75, 3.05) is 18.4 Å². The number of hydrogen-bond donors (Lipinski definition) is 2. The first-order valence-electron chi connectivity index (χ1n) is 8.05. The summed E-state index contributed by atoms with van der Waals surface area (Å²) in [7, 11) is 0. The van der Waals surface area contributed by atoms with E-state index < -0.39 is 0 Å². The van der Waals surface area contributed by atoms with Crippen molar-refractivity contribution in [2.24, 2.45) is 5.92 Å². The molecule has 1 aliphatic heterocycles. The second-order valence-electron chi connectivity index (χ2n) is 6.36. The Hall–Kier alpha value is -1.75. The highest BCUT2D eigenvalue weighted by Crippen LogP contribution is 2.16. The highest BCUT2D eigenvalue weighted by molar-refractivity contribution is 6.30. The molecule has 0 aromatic heterocycles. The Morgan fingerprint density at radius 2 is 2.00 bits per heavy atom. The molecule has 3 amide bonds. The van der Waals surface area contributed by atoms with Crippen LogP contribution in [-0.4, -0.2) is 36.0 Å². The second-order valence-corrected chi connectivity index (χ2v) is 6.80. The lowest BCUT2D eigenvalue weighted by Gasteiger charge is -2.32. The molecule has 126 valence electrons. The van der Waals surface area contributed by atoms with Crippen LogP contribution in [0, 0.1) is 5.92 Å². The van der Waals surface area contributed by atoms with Crippen LogP contribution < -0.4 is 10.6 Å². The van der Waals surface area contributed by atoms with Crippen LogP contribution in [0.5, 0.6) is 0 Å². The van der Waals surface area contributed by atoms with E-state index in [4.69, 9.17) is 11.6 Å². The smallest absolute Gasteiger partial charge is 0.319 e. The third-order valence-electron chi connectivity index (χ3n) is 3.85. The molecule has 0 bridgehead atoms. The third kappa shape index (κ3) is 5.75. The lowest BCUT2D eigenvalue weighted by molar-refractivity contribution is -0.133. The first-order valence-corrected chi connectivity index (χ1v) is 8.42. The molecule has 0 saturated carbocycles. The third-order valence-corrected chi connectivity index (χ3v) is 4.08. The van der Waals surface area contributed by atoms with Crippen molar-refractivity contribution in [1.82, 2.24) is 10.2 Å². The monoisotopic (exact) mass is 337 g/mol. The van der Waals surface area contributed by atoms with Crippen molar-refractivity contribution in [1.29, 1.82) is 0 Å². The first kappa shape index (κ1) is 17.6. The zero-order valence-corrected chi connectivity index (χ0v) is 14.4. The van der Waals surface area contributed by atoms with E-state index in [1.165, 1.54) is 0 Å². The number of carbonyl (C=O) groups is 2. The number of anilines is 1. The van der Waals surface area contributed by atoms with E-state index in [1.807, 2.05) is 18.7 Å². The molecule has 0 unspecified atom stereocenters. The van der Waals surface area contributed by atoms with Gasteiger partial charge in [-0.2, -0.15) is 0 Å². The summed E-state index contributed by atoms with van der Waals surface area (Å²) >= 11 is 5.89. The lowest BCUT2D eigenvalue weighted by Crippen LogP contribution is -2.47. The predicted octanol–water partition coefficient (Wildman–Crippen LogP) is 3.50. The Bertz CT molecular complexity index is 555. The number of rotatable bonds is 4. The maximum Gasteiger partial charge on any atom is 0.319 e. The largest absolute Gasteiger partial charge is 0.343 e. The molecule has 1 saturated heterocycles. The summed E-state index contributed by atoms with van der Waals surface area (Å²) in [5, 5.41) is 6.31. The average molecular weight is 338 g/mol. The Morgan fingerprint density at radius 1 is 1.30 bits per heavy atom. The highest BCUT2D eigenvalue weighted by Gasteiger charge is 2.24. The molecular weight excluding hydrogens is 314 g/mol. The number of halogens is 1. The Kier molecular flexibility index (Phi) is 6.28. The summed E-state index contributed by atoms with van der Waals surface area (Å²) < 4.78 is 0. The van der Waals surface area contributed by atoms with Crippen molar-refractivity contribution < 1.29 is 9.59 Å². The molecular formula is C17H24ClN3O2. The summed E-state index contributed by atoms with van der Waals surface area (Å²) in [6, 6.07) is 6.90. The SMILES string of the molecule is CC(C)CC(=O)N1CCC(NC(=O)Nc2cccc(Cl)c2)CC1. The van der Waals surface area contributed by atoms with Gasteiger partial charge in [0.05, 0.1) is 0 Å². The van der Waals surface area contributed by atoms with Crippen molar-refractivity contribution in [2.45, 2.75) is 39.2 Å². The van der Waals surface area contributed by atoms with Gasteiger partial charge in [0, 0.05) is 36.3 Å². The van der Waals surface area contributed by atoms with Gasteiger partial charge < -0.3 is 15.5 Å². The molecule has 5 nitrogen and oxygen atoms in total. The van der Waals surface area contributed by atoms with Crippen LogP contribution in [-0.2, 0) is 4.79 Å². The highest BCUT2D eigenvalue weighted by atomic mass is 35.5. The summed E-state index contributed by atoms with van der Waals surface area (Å²) in [5.41, 5.74) is 0.666. The Balaban J connectivity index is 1.75. The topological polar surface area (TPSA) is 61.4 Å². The summed E-state index contributed by atoms with van der Waals surface area (Å²) in [5.74, 6) is 0.587. The number of urea groups is 1. The van der Waals surface area contributed by atoms with Crippen LogP contribution >= 0.6 is 11.6 Å². The molecule has 1 aromatic rings. The van der Waals surface area contributed by atoms with E-state index >= 15 is 0 Å². The van der Waals surface area contributed by atoms with Gasteiger partial charge in [-0.05, 0) is 37.0 Å². The van der Waals surface area contributed by atoms with E-state index in [0.717, 1.165) is 12.8 Å². The summed E-state index contributed by atoms with van der Waals surface area (Å²) in [6.45, 7) is 5.50. The quantitative estimate of drug-likeness (QED) is 0.883. The number of amides is 3. The normalized spacial score (nSPS) is 15.6. The van der Waals surface area contributed by atoms with Crippen LogP contribution in [0.25, 0.3) is 0 Å². The van der Waals surface area contributed by atoms with E-state index in [-0.39, 0.29) is 18.0 Å². The van der Waals surface area contributed by atoms with E-state index in [2.05, 4.69) is 10.6 Å². The summed E-state index contributed by atoms with van der Waals surface area (Å²) in [6.07, 6.45) is 2.16. The number of nitrogens with one attached hydrogen (secondary N) is 2. The van der Waals surface area contributed by atoms with Gasteiger partial charge in [-0.15, -0.1) is 0 Å². The average Bonchev–Trinajstić information content (AvgIpc) is 2.47. The minimum atomic E-state index is -0.237. The molecule has 0 radical (unpaired) electrons. The molecule has 2 rings (SSSR count). The minimum Gasteiger partial charge on any atom is -0.343 e. The van der Waals surface area contributed by atoms with Crippen LogP contribution in [0.1, 0.15) is 33.1 Å². The molecule has 6 heteroatoms. The van der Waals surface area contributed by atoms with E-state index in [9.17, 15) is 9.59 Å². The molecule has 1 aromatic carbocycles. The zero-order valence-electron chi connectivity index (χ0n) is 13.6. The van der Waals surface area contributed by atoms with Crippen LogP contribution in [0.15, 0.2) is 24.3 Å². The first-order chi connectivity index (χ1) is 10.9. The van der Waals surface area contributed by atoms with Gasteiger partial charge >= 0.3 is 6.03 Å². The zero-order chi connectivity index (χ0) is 16.8. The van der Waals surface area contributed by atoms with Crippen LogP contribution in [0.4, 0.5) is 10.5 Å². The molecule has 1 fully saturated rings. The number of benzene rings is 1. The minimum absolute atomic E-state index is 0.0947. The maximum atomic E-state index is 12.0. The van der Waals surface area contributed by atoms with Gasteiger partial charge in [-0.1, -0.05) is 31.5 Å². The van der Waals surface area contributed by atoms with Gasteiger partial charge in [-0.25, -0.2) is 4.79 Å². The lowest BCUT2D eigenvalue weighted by atomic mass is 10.0. The molecule has 0 aliphatic carbocycles. The number of piperidine rings is 1. The molecule has 0 spiro atoms. The predicted molar refractivity (Wildman–Crippen MR) is 92.7 cm³/mol. The van der Waals surface area contributed by atoms with Gasteiger partial charge in [0.25, 0.3) is 0 Å². The van der Waals surface area contributed by atoms with E-state index in [1.54, 1.807) is 24.3 Å². The maximum absolute atomic E-state index is 12.0. The van der Waals surface area contributed by atoms with Crippen molar-refractivity contribution >= 4 is 29.2 Å². The van der Waals surface area contributed by atoms with Crippen molar-refractivity contribution in [3.63, 3.8) is 0 Å². The van der Waals surface area contributed by atoms with Gasteiger partial charge in [0.1, 0.15) is 0 Å². The number of likely N-dealkylation sites (tertiary alicyclic amines) is 1. The van der Waals surface area contributed by atoms with Crippen molar-refractivity contribution in [3.8, 4) is 0 Å². The van der Waals surface area contributed by atoms with Gasteiger partial charge in [0.15, 0.2) is 0 Å². The molecule has 1 aliphatic rings. The standard InChI is InChI=1S/C17H24ClN3O2/c1-12(2)10-16(22)21-8-6-14(7-9-21)19-17(23)20-15-5-3-4-13(18)11-15/h3-5,11-12,14H,6-10H2,1-2H3,(H2,19,20,23). The fraction of sp³-hybridized carbons (Fsp3) is 0.529. The van der Waals surface area contributed by atoms with E-state index in [0.29, 0.717) is 36.1 Å². The molecule has 0 atom stereocenters. The number of hydrogen-bond acceptors (Lipinski definition) is 2. The Morgan fingerprint density at radius 3 is 2.61 bits per heavy atom.